The van der Waals surface area contributed by atoms with Gasteiger partial charge in [-0.25, -0.2) is 0 Å². The van der Waals surface area contributed by atoms with E-state index in [0.717, 1.165) is 37.9 Å². The van der Waals surface area contributed by atoms with Gasteiger partial charge in [0.1, 0.15) is 11.7 Å². The topological polar surface area (TPSA) is 64.3 Å². The number of piperidine rings is 1. The van der Waals surface area contributed by atoms with Crippen molar-refractivity contribution < 1.29 is 9.90 Å². The van der Waals surface area contributed by atoms with Gasteiger partial charge in [0.15, 0.2) is 0 Å². The highest BCUT2D eigenvalue weighted by atomic mass is 16.3. The van der Waals surface area contributed by atoms with Crippen molar-refractivity contribution in [3.63, 3.8) is 0 Å². The van der Waals surface area contributed by atoms with E-state index in [1.807, 2.05) is 6.07 Å². The van der Waals surface area contributed by atoms with Gasteiger partial charge in [-0.3, -0.25) is 4.79 Å². The number of phenols is 1. The molecular formula is C15H18N2O2. The van der Waals surface area contributed by atoms with Crippen molar-refractivity contribution in [1.82, 2.24) is 4.90 Å². The molecule has 100 valence electrons. The molecule has 1 aromatic carbocycles. The first kappa shape index (κ1) is 13.4. The molecule has 0 spiro atoms. The van der Waals surface area contributed by atoms with Crippen LogP contribution < -0.4 is 0 Å². The van der Waals surface area contributed by atoms with Gasteiger partial charge >= 0.3 is 0 Å². The predicted molar refractivity (Wildman–Crippen MR) is 71.3 cm³/mol. The number of amides is 1. The van der Waals surface area contributed by atoms with Gasteiger partial charge in [-0.1, -0.05) is 12.1 Å². The van der Waals surface area contributed by atoms with Crippen LogP contribution in [-0.4, -0.2) is 29.0 Å². The highest BCUT2D eigenvalue weighted by Crippen LogP contribution is 2.18. The Balaban J connectivity index is 2.03. The second kappa shape index (κ2) is 6.24. The maximum absolute atomic E-state index is 12.3. The van der Waals surface area contributed by atoms with Crippen LogP contribution in [0.3, 0.4) is 0 Å². The molecule has 1 N–H and O–H groups in total. The molecule has 1 saturated heterocycles. The molecule has 4 heteroatoms. The van der Waals surface area contributed by atoms with E-state index in [2.05, 4.69) is 6.07 Å². The molecular weight excluding hydrogens is 240 g/mol. The number of rotatable bonds is 3. The summed E-state index contributed by atoms with van der Waals surface area (Å²) in [5.74, 6) is -0.565. The van der Waals surface area contributed by atoms with Crippen molar-refractivity contribution in [2.24, 2.45) is 5.92 Å². The lowest BCUT2D eigenvalue weighted by Crippen LogP contribution is -2.39. The third-order valence-corrected chi connectivity index (χ3v) is 3.47. The molecule has 1 amide bonds. The molecule has 0 saturated carbocycles. The Morgan fingerprint density at radius 3 is 2.74 bits per heavy atom. The third-order valence-electron chi connectivity index (χ3n) is 3.47. The number of carbonyl (C=O) groups is 1. The van der Waals surface area contributed by atoms with E-state index in [0.29, 0.717) is 6.42 Å². The Morgan fingerprint density at radius 2 is 2.11 bits per heavy atom. The predicted octanol–water partition coefficient (Wildman–Crippen LogP) is 2.09. The molecule has 0 radical (unpaired) electrons. The van der Waals surface area contributed by atoms with E-state index in [4.69, 9.17) is 0 Å². The van der Waals surface area contributed by atoms with Crippen LogP contribution in [0.4, 0.5) is 0 Å². The molecule has 1 fully saturated rings. The molecule has 1 atom stereocenters. The number of carbonyl (C=O) groups excluding carboxylic acids is 1. The number of nitrogens with zero attached hydrogens (tertiary/aromatic N) is 2. The van der Waals surface area contributed by atoms with E-state index in [-0.39, 0.29) is 11.7 Å². The molecule has 0 aliphatic carbocycles. The van der Waals surface area contributed by atoms with Crippen LogP contribution in [0.2, 0.25) is 0 Å². The Bertz CT molecular complexity index is 487. The normalized spacial score (nSPS) is 16.7. The second-order valence-electron chi connectivity index (χ2n) is 4.94. The molecule has 1 aromatic rings. The van der Waals surface area contributed by atoms with Crippen LogP contribution >= 0.6 is 0 Å². The Hall–Kier alpha value is -2.02. The SMILES string of the molecule is N#CC(Cc1cccc(O)c1)C(=O)N1CCCCC1. The van der Waals surface area contributed by atoms with Gasteiger partial charge in [0.05, 0.1) is 6.07 Å². The van der Waals surface area contributed by atoms with Gasteiger partial charge in [-0.05, 0) is 43.4 Å². The molecule has 0 aromatic heterocycles. The fraction of sp³-hybridized carbons (Fsp3) is 0.467. The van der Waals surface area contributed by atoms with Crippen molar-refractivity contribution in [3.8, 4) is 11.8 Å². The van der Waals surface area contributed by atoms with Gasteiger partial charge in [0, 0.05) is 13.1 Å². The lowest BCUT2D eigenvalue weighted by molar-refractivity contribution is -0.134. The Morgan fingerprint density at radius 1 is 1.37 bits per heavy atom. The summed E-state index contributed by atoms with van der Waals surface area (Å²) in [5, 5.41) is 18.6. The van der Waals surface area contributed by atoms with Crippen molar-refractivity contribution in [3.05, 3.63) is 29.8 Å². The van der Waals surface area contributed by atoms with Crippen LogP contribution in [0.1, 0.15) is 24.8 Å². The quantitative estimate of drug-likeness (QED) is 0.902. The Kier molecular flexibility index (Phi) is 4.40. The Labute approximate surface area is 113 Å². The van der Waals surface area contributed by atoms with Crippen molar-refractivity contribution in [2.45, 2.75) is 25.7 Å². The number of nitriles is 1. The molecule has 4 nitrogen and oxygen atoms in total. The molecule has 19 heavy (non-hydrogen) atoms. The lowest BCUT2D eigenvalue weighted by Gasteiger charge is -2.28. The summed E-state index contributed by atoms with van der Waals surface area (Å²) in [6, 6.07) is 8.83. The van der Waals surface area contributed by atoms with E-state index < -0.39 is 5.92 Å². The van der Waals surface area contributed by atoms with Crippen LogP contribution in [0.15, 0.2) is 24.3 Å². The fourth-order valence-corrected chi connectivity index (χ4v) is 2.44. The zero-order valence-corrected chi connectivity index (χ0v) is 10.9. The first-order chi connectivity index (χ1) is 9.20. The standard InChI is InChI=1S/C15H18N2O2/c16-11-13(9-12-5-4-6-14(18)10-12)15(19)17-7-2-1-3-8-17/h4-6,10,13,18H,1-3,7-9H2. The number of hydrogen-bond donors (Lipinski definition) is 1. The van der Waals surface area contributed by atoms with Crippen molar-refractivity contribution in [1.29, 1.82) is 5.26 Å². The van der Waals surface area contributed by atoms with Gasteiger partial charge < -0.3 is 10.0 Å². The van der Waals surface area contributed by atoms with E-state index in [1.54, 1.807) is 23.1 Å². The smallest absolute Gasteiger partial charge is 0.240 e. The summed E-state index contributed by atoms with van der Waals surface area (Å²) >= 11 is 0. The first-order valence-corrected chi connectivity index (χ1v) is 6.67. The second-order valence-corrected chi connectivity index (χ2v) is 4.94. The number of phenolic OH excluding ortho intramolecular Hbond substituents is 1. The minimum Gasteiger partial charge on any atom is -0.508 e. The highest BCUT2D eigenvalue weighted by molar-refractivity contribution is 5.81. The molecule has 1 aliphatic rings. The number of benzene rings is 1. The van der Waals surface area contributed by atoms with Crippen LogP contribution in [-0.2, 0) is 11.2 Å². The fourth-order valence-electron chi connectivity index (χ4n) is 2.44. The molecule has 1 unspecified atom stereocenters. The average Bonchev–Trinajstić information content (AvgIpc) is 2.45. The minimum absolute atomic E-state index is 0.0782. The molecule has 0 bridgehead atoms. The third kappa shape index (κ3) is 3.47. The minimum atomic E-state index is -0.653. The largest absolute Gasteiger partial charge is 0.508 e. The number of aromatic hydroxyl groups is 1. The number of hydrogen-bond acceptors (Lipinski definition) is 3. The van der Waals surface area contributed by atoms with Crippen molar-refractivity contribution in [2.75, 3.05) is 13.1 Å². The molecule has 2 rings (SSSR count). The zero-order chi connectivity index (χ0) is 13.7. The van der Waals surface area contributed by atoms with E-state index >= 15 is 0 Å². The summed E-state index contributed by atoms with van der Waals surface area (Å²) in [4.78, 5) is 14.1. The zero-order valence-electron chi connectivity index (χ0n) is 10.9. The maximum atomic E-state index is 12.3. The monoisotopic (exact) mass is 258 g/mol. The lowest BCUT2D eigenvalue weighted by atomic mass is 9.98. The summed E-state index contributed by atoms with van der Waals surface area (Å²) in [7, 11) is 0. The first-order valence-electron chi connectivity index (χ1n) is 6.67. The van der Waals surface area contributed by atoms with Crippen LogP contribution in [0.5, 0.6) is 5.75 Å². The molecule has 1 heterocycles. The van der Waals surface area contributed by atoms with Crippen molar-refractivity contribution >= 4 is 5.91 Å². The number of likely N-dealkylation sites (tertiary alicyclic amines) is 1. The molecule has 1 aliphatic heterocycles. The average molecular weight is 258 g/mol. The van der Waals surface area contributed by atoms with Gasteiger partial charge in [0.25, 0.3) is 0 Å². The summed E-state index contributed by atoms with van der Waals surface area (Å²) in [6.45, 7) is 1.52. The van der Waals surface area contributed by atoms with E-state index in [1.165, 1.54) is 0 Å². The van der Waals surface area contributed by atoms with Crippen LogP contribution in [0.25, 0.3) is 0 Å². The summed E-state index contributed by atoms with van der Waals surface area (Å²) in [6.07, 6.45) is 3.57. The van der Waals surface area contributed by atoms with Crippen LogP contribution in [0, 0.1) is 17.2 Å². The summed E-state index contributed by atoms with van der Waals surface area (Å²) in [5.41, 5.74) is 0.817. The van der Waals surface area contributed by atoms with Gasteiger partial charge in [-0.15, -0.1) is 0 Å². The van der Waals surface area contributed by atoms with E-state index in [9.17, 15) is 15.2 Å². The highest BCUT2D eigenvalue weighted by Gasteiger charge is 2.25. The van der Waals surface area contributed by atoms with Gasteiger partial charge in [-0.2, -0.15) is 5.26 Å². The summed E-state index contributed by atoms with van der Waals surface area (Å²) < 4.78 is 0. The maximum Gasteiger partial charge on any atom is 0.240 e. The van der Waals surface area contributed by atoms with Gasteiger partial charge in [0.2, 0.25) is 5.91 Å².